The average molecular weight is 301 g/mol. The van der Waals surface area contributed by atoms with Gasteiger partial charge in [0.05, 0.1) is 7.11 Å². The Morgan fingerprint density at radius 1 is 1.27 bits per heavy atom. The van der Waals surface area contributed by atoms with Crippen molar-refractivity contribution < 1.29 is 14.6 Å². The number of carbonyl (C=O) groups is 1. The topological polar surface area (TPSA) is 58.6 Å². The van der Waals surface area contributed by atoms with E-state index in [4.69, 9.17) is 4.74 Å². The number of aliphatic carboxylic acids is 1. The fourth-order valence-electron chi connectivity index (χ4n) is 2.59. The first-order chi connectivity index (χ1) is 10.5. The summed E-state index contributed by atoms with van der Waals surface area (Å²) >= 11 is 0. The second kappa shape index (κ2) is 7.27. The van der Waals surface area contributed by atoms with Crippen LogP contribution in [0.3, 0.4) is 0 Å². The molecule has 0 saturated heterocycles. The van der Waals surface area contributed by atoms with Crippen LogP contribution in [0.2, 0.25) is 0 Å². The van der Waals surface area contributed by atoms with Crippen LogP contribution in [0.15, 0.2) is 36.4 Å². The molecule has 22 heavy (non-hydrogen) atoms. The molecule has 2 N–H and O–H groups in total. The summed E-state index contributed by atoms with van der Waals surface area (Å²) < 4.78 is 5.44. The van der Waals surface area contributed by atoms with Gasteiger partial charge in [-0.25, -0.2) is 0 Å². The Hall–Kier alpha value is -2.07. The Kier molecular flexibility index (Phi) is 5.39. The predicted molar refractivity (Wildman–Crippen MR) is 88.2 cm³/mol. The first-order valence-corrected chi connectivity index (χ1v) is 7.53. The summed E-state index contributed by atoms with van der Waals surface area (Å²) in [7, 11) is 1.65. The van der Waals surface area contributed by atoms with Crippen molar-refractivity contribution in [2.45, 2.75) is 32.9 Å². The van der Waals surface area contributed by atoms with Gasteiger partial charge in [-0.15, -0.1) is 0 Å². The number of hydrogen-bond donors (Lipinski definition) is 2. The van der Waals surface area contributed by atoms with Crippen molar-refractivity contribution in [1.29, 1.82) is 0 Å². The highest BCUT2D eigenvalue weighted by Gasteiger charge is 2.18. The number of carboxylic acid groups (broad SMARTS) is 1. The summed E-state index contributed by atoms with van der Waals surface area (Å²) in [5, 5.41) is 14.6. The normalized spacial score (nSPS) is 12.5. The number of carboxylic acids is 1. The smallest absolute Gasteiger partial charge is 0.320 e. The van der Waals surface area contributed by atoms with Crippen LogP contribution in [0.25, 0.3) is 10.8 Å². The molecule has 0 heterocycles. The lowest BCUT2D eigenvalue weighted by molar-refractivity contribution is -0.140. The molecule has 0 spiro atoms. The number of ether oxygens (including phenoxy) is 1. The van der Waals surface area contributed by atoms with Gasteiger partial charge < -0.3 is 15.2 Å². The van der Waals surface area contributed by atoms with E-state index in [1.807, 2.05) is 44.2 Å². The number of benzene rings is 2. The predicted octanol–water partition coefficient (Wildman–Crippen LogP) is 3.44. The van der Waals surface area contributed by atoms with E-state index < -0.39 is 12.0 Å². The summed E-state index contributed by atoms with van der Waals surface area (Å²) in [5.41, 5.74) is 1.02. The maximum Gasteiger partial charge on any atom is 0.320 e. The summed E-state index contributed by atoms with van der Waals surface area (Å²) in [6.07, 6.45) is 0.611. The van der Waals surface area contributed by atoms with Gasteiger partial charge in [0.1, 0.15) is 11.8 Å². The number of nitrogens with one attached hydrogen (secondary N) is 1. The molecule has 2 rings (SSSR count). The van der Waals surface area contributed by atoms with Crippen molar-refractivity contribution in [3.8, 4) is 5.75 Å². The molecule has 0 unspecified atom stereocenters. The van der Waals surface area contributed by atoms with Gasteiger partial charge in [-0.1, -0.05) is 38.1 Å². The summed E-state index contributed by atoms with van der Waals surface area (Å²) in [6, 6.07) is 11.5. The third-order valence-corrected chi connectivity index (χ3v) is 3.66. The zero-order valence-corrected chi connectivity index (χ0v) is 13.3. The Labute approximate surface area is 131 Å². The van der Waals surface area contributed by atoms with Crippen LogP contribution in [-0.4, -0.2) is 24.2 Å². The van der Waals surface area contributed by atoms with Crippen molar-refractivity contribution in [2.24, 2.45) is 5.92 Å². The standard InChI is InChI=1S/C18H23NO3/c1-12(2)8-16(18(20)21)19-11-13-9-14-6-4-5-7-15(14)17(10-13)22-3/h4-7,9-10,12,16,19H,8,11H2,1-3H3,(H,20,21)/t16-/m0/s1. The lowest BCUT2D eigenvalue weighted by atomic mass is 10.0. The van der Waals surface area contributed by atoms with Crippen LogP contribution >= 0.6 is 0 Å². The minimum atomic E-state index is -0.804. The third kappa shape index (κ3) is 3.98. The maximum atomic E-state index is 11.3. The van der Waals surface area contributed by atoms with Gasteiger partial charge >= 0.3 is 5.97 Å². The first-order valence-electron chi connectivity index (χ1n) is 7.53. The van der Waals surface area contributed by atoms with Crippen LogP contribution in [0.5, 0.6) is 5.75 Å². The van der Waals surface area contributed by atoms with E-state index in [0.29, 0.717) is 18.9 Å². The zero-order chi connectivity index (χ0) is 16.1. The zero-order valence-electron chi connectivity index (χ0n) is 13.3. The molecule has 0 fully saturated rings. The average Bonchev–Trinajstić information content (AvgIpc) is 2.49. The van der Waals surface area contributed by atoms with Crippen LogP contribution in [0, 0.1) is 5.92 Å². The SMILES string of the molecule is COc1cc(CN[C@@H](CC(C)C)C(=O)O)cc2ccccc12. The fourth-order valence-corrected chi connectivity index (χ4v) is 2.59. The summed E-state index contributed by atoms with van der Waals surface area (Å²) in [6.45, 7) is 4.55. The van der Waals surface area contributed by atoms with Crippen LogP contribution in [0.1, 0.15) is 25.8 Å². The summed E-state index contributed by atoms with van der Waals surface area (Å²) in [4.78, 5) is 11.3. The van der Waals surface area contributed by atoms with Gasteiger partial charge in [-0.2, -0.15) is 0 Å². The van der Waals surface area contributed by atoms with E-state index in [2.05, 4.69) is 11.4 Å². The quantitative estimate of drug-likeness (QED) is 0.822. The van der Waals surface area contributed by atoms with Gasteiger partial charge in [0.2, 0.25) is 0 Å². The van der Waals surface area contributed by atoms with E-state index in [-0.39, 0.29) is 0 Å². The van der Waals surface area contributed by atoms with E-state index in [9.17, 15) is 9.90 Å². The number of methoxy groups -OCH3 is 1. The van der Waals surface area contributed by atoms with Crippen LogP contribution in [0.4, 0.5) is 0 Å². The molecule has 0 bridgehead atoms. The lowest BCUT2D eigenvalue weighted by Gasteiger charge is -2.17. The molecule has 0 amide bonds. The van der Waals surface area contributed by atoms with Crippen LogP contribution < -0.4 is 10.1 Å². The fraction of sp³-hybridized carbons (Fsp3) is 0.389. The second-order valence-corrected chi connectivity index (χ2v) is 5.92. The van der Waals surface area contributed by atoms with E-state index in [1.165, 1.54) is 0 Å². The molecule has 0 aromatic heterocycles. The Bertz CT molecular complexity index is 652. The van der Waals surface area contributed by atoms with Crippen molar-refractivity contribution in [1.82, 2.24) is 5.32 Å². The van der Waals surface area contributed by atoms with Crippen LogP contribution in [-0.2, 0) is 11.3 Å². The monoisotopic (exact) mass is 301 g/mol. The van der Waals surface area contributed by atoms with Crippen molar-refractivity contribution in [3.63, 3.8) is 0 Å². The Balaban J connectivity index is 2.18. The molecule has 4 nitrogen and oxygen atoms in total. The van der Waals surface area contributed by atoms with Gasteiger partial charge in [-0.05, 0) is 35.4 Å². The molecule has 1 atom stereocenters. The maximum absolute atomic E-state index is 11.3. The minimum Gasteiger partial charge on any atom is -0.496 e. The van der Waals surface area contributed by atoms with Gasteiger partial charge in [0, 0.05) is 11.9 Å². The Morgan fingerprint density at radius 3 is 2.64 bits per heavy atom. The largest absolute Gasteiger partial charge is 0.496 e. The number of hydrogen-bond acceptors (Lipinski definition) is 3. The second-order valence-electron chi connectivity index (χ2n) is 5.92. The highest BCUT2D eigenvalue weighted by molar-refractivity contribution is 5.89. The third-order valence-electron chi connectivity index (χ3n) is 3.66. The van der Waals surface area contributed by atoms with Crippen molar-refractivity contribution >= 4 is 16.7 Å². The van der Waals surface area contributed by atoms with Crippen molar-refractivity contribution in [2.75, 3.05) is 7.11 Å². The Morgan fingerprint density at radius 2 is 2.00 bits per heavy atom. The molecule has 2 aromatic carbocycles. The molecule has 0 radical (unpaired) electrons. The lowest BCUT2D eigenvalue weighted by Crippen LogP contribution is -2.37. The number of rotatable bonds is 7. The van der Waals surface area contributed by atoms with Gasteiger partial charge in [0.15, 0.2) is 0 Å². The molecular formula is C18H23NO3. The highest BCUT2D eigenvalue weighted by Crippen LogP contribution is 2.27. The van der Waals surface area contributed by atoms with Crippen molar-refractivity contribution in [3.05, 3.63) is 42.0 Å². The molecule has 0 aliphatic carbocycles. The molecule has 118 valence electrons. The molecule has 0 aliphatic rings. The molecule has 4 heteroatoms. The number of fused-ring (bicyclic) bond motifs is 1. The summed E-state index contributed by atoms with van der Waals surface area (Å²) in [5.74, 6) is 0.340. The molecular weight excluding hydrogens is 278 g/mol. The van der Waals surface area contributed by atoms with E-state index in [0.717, 1.165) is 22.1 Å². The minimum absolute atomic E-state index is 0.333. The van der Waals surface area contributed by atoms with Gasteiger partial charge in [0.25, 0.3) is 0 Å². The molecule has 0 aliphatic heterocycles. The highest BCUT2D eigenvalue weighted by atomic mass is 16.5. The van der Waals surface area contributed by atoms with E-state index >= 15 is 0 Å². The van der Waals surface area contributed by atoms with Gasteiger partial charge in [-0.3, -0.25) is 4.79 Å². The molecule has 0 saturated carbocycles. The molecule has 2 aromatic rings. The first kappa shape index (κ1) is 16.3. The van der Waals surface area contributed by atoms with E-state index in [1.54, 1.807) is 7.11 Å².